The van der Waals surface area contributed by atoms with Crippen LogP contribution in [0.4, 0.5) is 11.4 Å². The first-order valence-corrected chi connectivity index (χ1v) is 12.9. The Bertz CT molecular complexity index is 1150. The van der Waals surface area contributed by atoms with Crippen LogP contribution in [0.25, 0.3) is 0 Å². The average molecular weight is 576 g/mol. The fourth-order valence-electron chi connectivity index (χ4n) is 3.80. The lowest BCUT2D eigenvalue weighted by Crippen LogP contribution is -2.55. The molecule has 1 aliphatic heterocycles. The van der Waals surface area contributed by atoms with Gasteiger partial charge in [0.2, 0.25) is 17.7 Å². The predicted molar refractivity (Wildman–Crippen MR) is 149 cm³/mol. The van der Waals surface area contributed by atoms with E-state index < -0.39 is 54.7 Å². The quantitative estimate of drug-likeness (QED) is 0.205. The lowest BCUT2D eigenvalue weighted by molar-refractivity contribution is -0.139. The largest absolute Gasteiger partial charge is 0.481 e. The van der Waals surface area contributed by atoms with Gasteiger partial charge in [0.05, 0.1) is 36.9 Å². The first kappa shape index (κ1) is 34.3. The summed E-state index contributed by atoms with van der Waals surface area (Å²) >= 11 is 0. The van der Waals surface area contributed by atoms with E-state index in [1.165, 1.54) is 4.90 Å². The van der Waals surface area contributed by atoms with Crippen molar-refractivity contribution in [2.45, 2.75) is 58.5 Å². The van der Waals surface area contributed by atoms with Gasteiger partial charge in [-0.2, -0.15) is 0 Å². The summed E-state index contributed by atoms with van der Waals surface area (Å²) in [7, 11) is 0. The highest BCUT2D eigenvalue weighted by Gasteiger charge is 2.36. The SMILES string of the molecule is C=C(CC)N1CC(NC(=O)CNC(=O)CCC)C(=O)N(CC(=O)NC(C=O)CC(=O)O)c2ccccc21.CC(=O)O. The fraction of sp³-hybridized carbons (Fsp3) is 0.444. The zero-order valence-electron chi connectivity index (χ0n) is 23.3. The number of hydrogen-bond donors (Lipinski definition) is 5. The van der Waals surface area contributed by atoms with Gasteiger partial charge in [0.15, 0.2) is 0 Å². The fourth-order valence-corrected chi connectivity index (χ4v) is 3.80. The van der Waals surface area contributed by atoms with Crippen molar-refractivity contribution in [1.29, 1.82) is 0 Å². The van der Waals surface area contributed by atoms with Crippen molar-refractivity contribution < 1.29 is 43.8 Å². The third kappa shape index (κ3) is 11.5. The maximum atomic E-state index is 13.6. The number of carbonyl (C=O) groups is 7. The molecule has 0 aliphatic carbocycles. The minimum absolute atomic E-state index is 0.0330. The number of aldehydes is 1. The molecule has 0 spiro atoms. The molecular formula is C27H37N5O9. The van der Waals surface area contributed by atoms with Crippen LogP contribution in [0.2, 0.25) is 0 Å². The van der Waals surface area contributed by atoms with Crippen LogP contribution in [0.3, 0.4) is 0 Å². The molecule has 5 N–H and O–H groups in total. The summed E-state index contributed by atoms with van der Waals surface area (Å²) in [6, 6.07) is 4.47. The van der Waals surface area contributed by atoms with E-state index in [1.54, 1.807) is 29.2 Å². The number of carboxylic acid groups (broad SMARTS) is 2. The summed E-state index contributed by atoms with van der Waals surface area (Å²) in [5.74, 6) is -4.31. The molecule has 224 valence electrons. The molecule has 41 heavy (non-hydrogen) atoms. The predicted octanol–water partition coefficient (Wildman–Crippen LogP) is 0.414. The molecule has 14 nitrogen and oxygen atoms in total. The second kappa shape index (κ2) is 17.0. The van der Waals surface area contributed by atoms with E-state index >= 15 is 0 Å². The van der Waals surface area contributed by atoms with E-state index in [0.29, 0.717) is 36.2 Å². The Morgan fingerprint density at radius 1 is 1.07 bits per heavy atom. The van der Waals surface area contributed by atoms with Crippen LogP contribution >= 0.6 is 0 Å². The number of aliphatic carboxylic acids is 2. The normalized spacial score (nSPS) is 14.7. The van der Waals surface area contributed by atoms with Crippen LogP contribution in [-0.4, -0.2) is 83.8 Å². The number of para-hydroxylation sites is 2. The van der Waals surface area contributed by atoms with Gasteiger partial charge in [-0.15, -0.1) is 0 Å². The molecule has 1 heterocycles. The van der Waals surface area contributed by atoms with Crippen molar-refractivity contribution in [2.24, 2.45) is 0 Å². The zero-order valence-corrected chi connectivity index (χ0v) is 23.3. The molecule has 0 fully saturated rings. The molecule has 2 rings (SSSR count). The smallest absolute Gasteiger partial charge is 0.305 e. The highest BCUT2D eigenvalue weighted by Crippen LogP contribution is 2.35. The number of benzene rings is 1. The van der Waals surface area contributed by atoms with Crippen LogP contribution < -0.4 is 25.8 Å². The van der Waals surface area contributed by atoms with Crippen LogP contribution in [-0.2, 0) is 33.6 Å². The number of allylic oxidation sites excluding steroid dienone is 1. The number of nitrogens with zero attached hydrogens (tertiary/aromatic N) is 2. The number of hydrogen-bond acceptors (Lipinski definition) is 8. The van der Waals surface area contributed by atoms with Crippen LogP contribution in [0.5, 0.6) is 0 Å². The van der Waals surface area contributed by atoms with Gasteiger partial charge < -0.3 is 35.9 Å². The van der Waals surface area contributed by atoms with Gasteiger partial charge in [0.25, 0.3) is 11.9 Å². The maximum absolute atomic E-state index is 13.6. The van der Waals surface area contributed by atoms with Gasteiger partial charge in [-0.3, -0.25) is 33.7 Å². The molecule has 4 amide bonds. The third-order valence-corrected chi connectivity index (χ3v) is 5.65. The van der Waals surface area contributed by atoms with Crippen LogP contribution in [0.1, 0.15) is 46.5 Å². The average Bonchev–Trinajstić information content (AvgIpc) is 3.01. The Kier molecular flexibility index (Phi) is 14.3. The first-order chi connectivity index (χ1) is 19.3. The highest BCUT2D eigenvalue weighted by atomic mass is 16.4. The first-order valence-electron chi connectivity index (χ1n) is 12.9. The molecule has 0 saturated carbocycles. The second-order valence-corrected chi connectivity index (χ2v) is 9.02. The zero-order chi connectivity index (χ0) is 31.1. The molecule has 1 aliphatic rings. The summed E-state index contributed by atoms with van der Waals surface area (Å²) in [5, 5.41) is 23.8. The number of nitrogens with one attached hydrogen (secondary N) is 3. The Labute approximate surface area is 237 Å². The number of amides is 4. The molecule has 2 atom stereocenters. The summed E-state index contributed by atoms with van der Waals surface area (Å²) < 4.78 is 0. The van der Waals surface area contributed by atoms with Crippen molar-refractivity contribution in [2.75, 3.05) is 29.4 Å². The van der Waals surface area contributed by atoms with Gasteiger partial charge in [-0.25, -0.2) is 0 Å². The second-order valence-electron chi connectivity index (χ2n) is 9.02. The topological polar surface area (TPSA) is 203 Å². The Morgan fingerprint density at radius 3 is 2.22 bits per heavy atom. The molecule has 0 aromatic heterocycles. The monoisotopic (exact) mass is 575 g/mol. The van der Waals surface area contributed by atoms with Crippen molar-refractivity contribution in [3.63, 3.8) is 0 Å². The van der Waals surface area contributed by atoms with E-state index in [1.807, 2.05) is 13.8 Å². The number of fused-ring (bicyclic) bond motifs is 1. The molecule has 1 aromatic carbocycles. The van der Waals surface area contributed by atoms with E-state index in [-0.39, 0.29) is 25.4 Å². The van der Waals surface area contributed by atoms with Crippen LogP contribution in [0, 0.1) is 0 Å². The standard InChI is InChI=1S/C25H33N5O7.C2H4O2/c1-4-8-21(32)26-12-22(33)28-18-13-29(16(3)5-2)19-9-6-7-10-20(19)30(25(18)37)14-23(34)27-17(15-31)11-24(35)36;1-2(3)4/h6-7,9-10,15,17-18H,3-5,8,11-14H2,1-2H3,(H,26,32)(H,27,34)(H,28,33)(H,35,36);1H3,(H,3,4). The van der Waals surface area contributed by atoms with Gasteiger partial charge in [0.1, 0.15) is 18.9 Å². The van der Waals surface area contributed by atoms with Crippen LogP contribution in [0.15, 0.2) is 36.5 Å². The summed E-state index contributed by atoms with van der Waals surface area (Å²) in [6.07, 6.45) is 1.14. The maximum Gasteiger partial charge on any atom is 0.305 e. The molecule has 14 heteroatoms. The number of anilines is 2. The van der Waals surface area contributed by atoms with Gasteiger partial charge in [0, 0.05) is 19.0 Å². The summed E-state index contributed by atoms with van der Waals surface area (Å²) in [6.45, 7) is 8.07. The minimum Gasteiger partial charge on any atom is -0.481 e. The van der Waals surface area contributed by atoms with E-state index in [2.05, 4.69) is 22.5 Å². The molecule has 0 saturated heterocycles. The van der Waals surface area contributed by atoms with Crippen molar-refractivity contribution >= 4 is 53.2 Å². The Morgan fingerprint density at radius 2 is 1.68 bits per heavy atom. The Hall–Kier alpha value is -4.75. The molecule has 1 aromatic rings. The van der Waals surface area contributed by atoms with Crippen molar-refractivity contribution in [3.8, 4) is 0 Å². The van der Waals surface area contributed by atoms with E-state index in [4.69, 9.17) is 15.0 Å². The summed E-state index contributed by atoms with van der Waals surface area (Å²) in [5.41, 5.74) is 1.64. The number of carboxylic acids is 2. The van der Waals surface area contributed by atoms with E-state index in [0.717, 1.165) is 6.92 Å². The number of carbonyl (C=O) groups excluding carboxylic acids is 5. The van der Waals surface area contributed by atoms with Crippen molar-refractivity contribution in [3.05, 3.63) is 36.5 Å². The van der Waals surface area contributed by atoms with E-state index in [9.17, 15) is 28.8 Å². The van der Waals surface area contributed by atoms with Gasteiger partial charge >= 0.3 is 5.97 Å². The highest BCUT2D eigenvalue weighted by molar-refractivity contribution is 6.07. The lowest BCUT2D eigenvalue weighted by atomic mass is 10.2. The summed E-state index contributed by atoms with van der Waals surface area (Å²) in [4.78, 5) is 84.9. The van der Waals surface area contributed by atoms with Gasteiger partial charge in [-0.1, -0.05) is 32.6 Å². The molecular weight excluding hydrogens is 538 g/mol. The van der Waals surface area contributed by atoms with Gasteiger partial charge in [-0.05, 0) is 25.0 Å². The molecule has 2 unspecified atom stereocenters. The minimum atomic E-state index is -1.27. The molecule has 0 bridgehead atoms. The van der Waals surface area contributed by atoms with Crippen molar-refractivity contribution in [1.82, 2.24) is 16.0 Å². The molecule has 0 radical (unpaired) electrons. The lowest BCUT2D eigenvalue weighted by Gasteiger charge is -2.28. The number of rotatable bonds is 13. The third-order valence-electron chi connectivity index (χ3n) is 5.65. The Balaban J connectivity index is 0.00000196.